The van der Waals surface area contributed by atoms with E-state index in [1.807, 2.05) is 32.0 Å². The van der Waals surface area contributed by atoms with Crippen LogP contribution < -0.4 is 4.74 Å². The molecule has 27 heavy (non-hydrogen) atoms. The third-order valence-corrected chi connectivity index (χ3v) is 4.42. The number of para-hydroxylation sites is 1. The summed E-state index contributed by atoms with van der Waals surface area (Å²) in [6.45, 7) is 4.10. The van der Waals surface area contributed by atoms with Gasteiger partial charge in [-0.3, -0.25) is 19.3 Å². The van der Waals surface area contributed by atoms with Crippen LogP contribution in [-0.2, 0) is 9.53 Å². The van der Waals surface area contributed by atoms with Crippen LogP contribution in [-0.4, -0.2) is 42.4 Å². The van der Waals surface area contributed by atoms with Gasteiger partial charge in [0.25, 0.3) is 11.8 Å². The Kier molecular flexibility index (Phi) is 5.54. The molecule has 0 unspecified atom stereocenters. The first-order valence-electron chi connectivity index (χ1n) is 8.79. The summed E-state index contributed by atoms with van der Waals surface area (Å²) in [7, 11) is 0. The third-order valence-electron chi connectivity index (χ3n) is 4.42. The molecule has 0 aliphatic carbocycles. The van der Waals surface area contributed by atoms with Crippen molar-refractivity contribution in [2.75, 3.05) is 19.8 Å². The predicted octanol–water partition coefficient (Wildman–Crippen LogP) is 2.91. The molecule has 1 heterocycles. The Morgan fingerprint density at radius 2 is 1.48 bits per heavy atom. The summed E-state index contributed by atoms with van der Waals surface area (Å²) in [6, 6.07) is 12.5. The Balaban J connectivity index is 1.43. The van der Waals surface area contributed by atoms with E-state index in [0.29, 0.717) is 11.1 Å². The minimum atomic E-state index is -0.433. The number of hydrogen-bond donors (Lipinski definition) is 0. The van der Waals surface area contributed by atoms with Crippen molar-refractivity contribution in [1.82, 2.24) is 4.90 Å². The molecule has 6 heteroatoms. The minimum Gasteiger partial charge on any atom is -0.492 e. The lowest BCUT2D eigenvalue weighted by molar-refractivity contribution is -0.144. The molecule has 0 spiro atoms. The van der Waals surface area contributed by atoms with Gasteiger partial charge >= 0.3 is 5.97 Å². The molecule has 2 amide bonds. The molecule has 0 saturated heterocycles. The Hall–Kier alpha value is -3.15. The van der Waals surface area contributed by atoms with Gasteiger partial charge in [-0.1, -0.05) is 30.3 Å². The fraction of sp³-hybridized carbons (Fsp3) is 0.286. The lowest BCUT2D eigenvalue weighted by Crippen LogP contribution is -2.33. The Bertz CT molecular complexity index is 835. The summed E-state index contributed by atoms with van der Waals surface area (Å²) in [5.41, 5.74) is 2.79. The van der Waals surface area contributed by atoms with Crippen LogP contribution in [0.3, 0.4) is 0 Å². The van der Waals surface area contributed by atoms with Crippen molar-refractivity contribution in [3.05, 3.63) is 64.7 Å². The number of fused-ring (bicyclic) bond motifs is 1. The van der Waals surface area contributed by atoms with Crippen molar-refractivity contribution in [1.29, 1.82) is 0 Å². The summed E-state index contributed by atoms with van der Waals surface area (Å²) in [5.74, 6) is -0.371. The van der Waals surface area contributed by atoms with Gasteiger partial charge in [0.05, 0.1) is 30.7 Å². The van der Waals surface area contributed by atoms with Crippen molar-refractivity contribution in [3.63, 3.8) is 0 Å². The number of imide groups is 1. The van der Waals surface area contributed by atoms with Crippen molar-refractivity contribution in [3.8, 4) is 5.75 Å². The summed E-state index contributed by atoms with van der Waals surface area (Å²) in [5, 5.41) is 0. The van der Waals surface area contributed by atoms with Gasteiger partial charge in [-0.2, -0.15) is 0 Å². The van der Waals surface area contributed by atoms with E-state index in [2.05, 4.69) is 0 Å². The SMILES string of the molecule is Cc1cccc(C)c1OCCC(=O)OCCN1C(=O)c2ccccc2C1=O. The van der Waals surface area contributed by atoms with E-state index in [0.717, 1.165) is 21.8 Å². The standard InChI is InChI=1S/C21H21NO5/c1-14-6-5-7-15(2)19(14)27-12-10-18(23)26-13-11-22-20(24)16-8-3-4-9-17(16)21(22)25/h3-9H,10-13H2,1-2H3. The molecule has 1 aliphatic heterocycles. The second-order valence-corrected chi connectivity index (χ2v) is 6.35. The van der Waals surface area contributed by atoms with Crippen molar-refractivity contribution >= 4 is 17.8 Å². The number of rotatable bonds is 7. The van der Waals surface area contributed by atoms with E-state index in [1.54, 1.807) is 24.3 Å². The highest BCUT2D eigenvalue weighted by molar-refractivity contribution is 6.21. The average Bonchev–Trinajstić information content (AvgIpc) is 2.89. The van der Waals surface area contributed by atoms with Gasteiger partial charge in [0.15, 0.2) is 0 Å². The summed E-state index contributed by atoms with van der Waals surface area (Å²) >= 11 is 0. The molecule has 0 radical (unpaired) electrons. The average molecular weight is 367 g/mol. The number of benzene rings is 2. The zero-order chi connectivity index (χ0) is 19.4. The Labute approximate surface area is 157 Å². The van der Waals surface area contributed by atoms with Gasteiger partial charge in [0.2, 0.25) is 0 Å². The van der Waals surface area contributed by atoms with E-state index >= 15 is 0 Å². The Morgan fingerprint density at radius 3 is 2.07 bits per heavy atom. The smallest absolute Gasteiger partial charge is 0.309 e. The zero-order valence-corrected chi connectivity index (χ0v) is 15.4. The third kappa shape index (κ3) is 4.00. The molecule has 3 rings (SSSR count). The molecule has 0 atom stereocenters. The first-order chi connectivity index (χ1) is 13.0. The Morgan fingerprint density at radius 1 is 0.889 bits per heavy atom. The van der Waals surface area contributed by atoms with Crippen molar-refractivity contribution in [2.24, 2.45) is 0 Å². The molecular weight excluding hydrogens is 346 g/mol. The summed E-state index contributed by atoms with van der Waals surface area (Å²) in [6.07, 6.45) is 0.0931. The van der Waals surface area contributed by atoms with Crippen LogP contribution in [0.4, 0.5) is 0 Å². The minimum absolute atomic E-state index is 0.0340. The van der Waals surface area contributed by atoms with E-state index < -0.39 is 5.97 Å². The highest BCUT2D eigenvalue weighted by Crippen LogP contribution is 2.23. The molecule has 0 N–H and O–H groups in total. The molecule has 0 bridgehead atoms. The maximum atomic E-state index is 12.2. The number of ether oxygens (including phenoxy) is 2. The first-order valence-corrected chi connectivity index (χ1v) is 8.79. The zero-order valence-electron chi connectivity index (χ0n) is 15.4. The monoisotopic (exact) mass is 367 g/mol. The predicted molar refractivity (Wildman–Crippen MR) is 98.8 cm³/mol. The van der Waals surface area contributed by atoms with Crippen LogP contribution >= 0.6 is 0 Å². The summed E-state index contributed by atoms with van der Waals surface area (Å²) < 4.78 is 10.8. The lowest BCUT2D eigenvalue weighted by atomic mass is 10.1. The van der Waals surface area contributed by atoms with E-state index in [4.69, 9.17) is 9.47 Å². The van der Waals surface area contributed by atoms with Gasteiger partial charge in [0.1, 0.15) is 12.4 Å². The van der Waals surface area contributed by atoms with Gasteiger partial charge in [-0.05, 0) is 37.1 Å². The van der Waals surface area contributed by atoms with E-state index in [9.17, 15) is 14.4 Å². The maximum Gasteiger partial charge on any atom is 0.309 e. The second-order valence-electron chi connectivity index (χ2n) is 6.35. The number of carbonyl (C=O) groups is 3. The molecular formula is C21H21NO5. The number of aryl methyl sites for hydroxylation is 2. The van der Waals surface area contributed by atoms with Crippen LogP contribution in [0.1, 0.15) is 38.3 Å². The number of amides is 2. The number of nitrogens with zero attached hydrogens (tertiary/aromatic N) is 1. The maximum absolute atomic E-state index is 12.2. The molecule has 0 aromatic heterocycles. The molecule has 1 aliphatic rings. The molecule has 0 fully saturated rings. The first kappa shape index (κ1) is 18.6. The molecule has 0 saturated carbocycles. The number of carbonyl (C=O) groups excluding carboxylic acids is 3. The van der Waals surface area contributed by atoms with Crippen LogP contribution in [0.2, 0.25) is 0 Å². The largest absolute Gasteiger partial charge is 0.492 e. The highest BCUT2D eigenvalue weighted by Gasteiger charge is 2.34. The van der Waals surface area contributed by atoms with Crippen LogP contribution in [0, 0.1) is 13.8 Å². The molecule has 2 aromatic carbocycles. The number of esters is 1. The van der Waals surface area contributed by atoms with Crippen LogP contribution in [0.5, 0.6) is 5.75 Å². The lowest BCUT2D eigenvalue weighted by Gasteiger charge is -2.14. The van der Waals surface area contributed by atoms with Gasteiger partial charge in [-0.15, -0.1) is 0 Å². The highest BCUT2D eigenvalue weighted by atomic mass is 16.5. The molecule has 2 aromatic rings. The van der Waals surface area contributed by atoms with Crippen molar-refractivity contribution < 1.29 is 23.9 Å². The fourth-order valence-electron chi connectivity index (χ4n) is 3.03. The topological polar surface area (TPSA) is 72.9 Å². The van der Waals surface area contributed by atoms with Gasteiger partial charge < -0.3 is 9.47 Å². The fourth-order valence-corrected chi connectivity index (χ4v) is 3.03. The second kappa shape index (κ2) is 8.03. The molecule has 6 nitrogen and oxygen atoms in total. The normalized spacial score (nSPS) is 12.9. The molecule has 140 valence electrons. The van der Waals surface area contributed by atoms with Crippen molar-refractivity contribution in [2.45, 2.75) is 20.3 Å². The van der Waals surface area contributed by atoms with Crippen LogP contribution in [0.15, 0.2) is 42.5 Å². The number of hydrogen-bond acceptors (Lipinski definition) is 5. The summed E-state index contributed by atoms with van der Waals surface area (Å²) in [4.78, 5) is 37.4. The van der Waals surface area contributed by atoms with Crippen LogP contribution in [0.25, 0.3) is 0 Å². The van der Waals surface area contributed by atoms with E-state index in [1.165, 1.54) is 0 Å². The van der Waals surface area contributed by atoms with Gasteiger partial charge in [-0.25, -0.2) is 0 Å². The van der Waals surface area contributed by atoms with E-state index in [-0.39, 0.29) is 38.0 Å². The quantitative estimate of drug-likeness (QED) is 0.556. The van der Waals surface area contributed by atoms with Gasteiger partial charge in [0, 0.05) is 0 Å².